The fraction of sp³-hybridized carbons (Fsp3) is 0.357. The molecule has 1 aliphatic rings. The second-order valence-corrected chi connectivity index (χ2v) is 4.17. The number of methoxy groups -OCH3 is 2. The molecule has 0 aromatic heterocycles. The summed E-state index contributed by atoms with van der Waals surface area (Å²) in [6.07, 6.45) is 3.69. The molecule has 0 bridgehead atoms. The third-order valence-corrected chi connectivity index (χ3v) is 3.09. The molecule has 0 fully saturated rings. The predicted molar refractivity (Wildman–Crippen MR) is 70.1 cm³/mol. The van der Waals surface area contributed by atoms with E-state index < -0.39 is 0 Å². The van der Waals surface area contributed by atoms with Gasteiger partial charge in [-0.15, -0.1) is 0 Å². The van der Waals surface area contributed by atoms with Crippen LogP contribution in [-0.4, -0.2) is 20.5 Å². The normalized spacial score (nSPS) is 14.6. The van der Waals surface area contributed by atoms with Gasteiger partial charge in [0.25, 0.3) is 0 Å². The molecule has 96 valence electrons. The monoisotopic (exact) mass is 247 g/mol. The Morgan fingerprint density at radius 2 is 2.06 bits per heavy atom. The third kappa shape index (κ3) is 2.47. The maximum Gasteiger partial charge on any atom is 0.147 e. The summed E-state index contributed by atoms with van der Waals surface area (Å²) in [5.41, 5.74) is 2.66. The lowest BCUT2D eigenvalue weighted by molar-refractivity contribution is -0.105. The van der Waals surface area contributed by atoms with E-state index >= 15 is 0 Å². The summed E-state index contributed by atoms with van der Waals surface area (Å²) < 4.78 is 10.5. The number of hydrogen-bond acceptors (Lipinski definition) is 4. The third-order valence-electron chi connectivity index (χ3n) is 3.09. The number of ether oxygens (including phenoxy) is 2. The number of anilines is 1. The smallest absolute Gasteiger partial charge is 0.147 e. The molecule has 2 rings (SSSR count). The Hall–Kier alpha value is -1.97. The Bertz CT molecular complexity index is 480. The van der Waals surface area contributed by atoms with Crippen LogP contribution in [0.4, 0.5) is 5.69 Å². The predicted octanol–water partition coefficient (Wildman–Crippen LogP) is 2.75. The van der Waals surface area contributed by atoms with Crippen molar-refractivity contribution >= 4 is 12.0 Å². The van der Waals surface area contributed by atoms with Gasteiger partial charge in [-0.05, 0) is 31.4 Å². The van der Waals surface area contributed by atoms with Gasteiger partial charge in [0.1, 0.15) is 17.8 Å². The summed E-state index contributed by atoms with van der Waals surface area (Å²) in [6, 6.07) is 5.55. The first-order chi connectivity index (χ1) is 8.78. The molecule has 0 saturated heterocycles. The van der Waals surface area contributed by atoms with Gasteiger partial charge in [-0.2, -0.15) is 0 Å². The number of hydrogen-bond donors (Lipinski definition) is 1. The average Bonchev–Trinajstić information content (AvgIpc) is 2.86. The first kappa shape index (κ1) is 12.5. The minimum Gasteiger partial charge on any atom is -0.497 e. The largest absolute Gasteiger partial charge is 0.497 e. The van der Waals surface area contributed by atoms with E-state index in [0.29, 0.717) is 0 Å². The average molecular weight is 247 g/mol. The fourth-order valence-electron chi connectivity index (χ4n) is 2.11. The zero-order valence-corrected chi connectivity index (χ0v) is 10.7. The molecule has 0 saturated carbocycles. The Balaban J connectivity index is 2.29. The van der Waals surface area contributed by atoms with Crippen LogP contribution in [0.5, 0.6) is 11.5 Å². The molecule has 0 unspecified atom stereocenters. The van der Waals surface area contributed by atoms with E-state index in [1.165, 1.54) is 0 Å². The number of carbonyl (C=O) groups excluding carboxylic acids is 1. The van der Waals surface area contributed by atoms with Crippen molar-refractivity contribution in [2.24, 2.45) is 0 Å². The van der Waals surface area contributed by atoms with Crippen molar-refractivity contribution in [1.82, 2.24) is 0 Å². The molecule has 4 heteroatoms. The Morgan fingerprint density at radius 3 is 2.72 bits per heavy atom. The van der Waals surface area contributed by atoms with E-state index in [1.807, 2.05) is 18.2 Å². The van der Waals surface area contributed by atoms with E-state index in [2.05, 4.69) is 5.32 Å². The highest BCUT2D eigenvalue weighted by Gasteiger charge is 2.15. The number of aldehydes is 1. The molecule has 0 heterocycles. The maximum absolute atomic E-state index is 10.9. The number of nitrogens with one attached hydrogen (secondary N) is 1. The van der Waals surface area contributed by atoms with Crippen LogP contribution < -0.4 is 14.8 Å². The molecule has 1 N–H and O–H groups in total. The zero-order chi connectivity index (χ0) is 13.0. The van der Waals surface area contributed by atoms with Crippen molar-refractivity contribution in [3.63, 3.8) is 0 Å². The molecule has 18 heavy (non-hydrogen) atoms. The number of benzene rings is 1. The second kappa shape index (κ2) is 5.58. The lowest BCUT2D eigenvalue weighted by atomic mass is 10.2. The summed E-state index contributed by atoms with van der Waals surface area (Å²) in [5, 5.41) is 3.28. The Labute approximate surface area is 107 Å². The highest BCUT2D eigenvalue weighted by atomic mass is 16.5. The molecule has 1 aromatic rings. The van der Waals surface area contributed by atoms with Crippen LogP contribution in [0.2, 0.25) is 0 Å². The van der Waals surface area contributed by atoms with Crippen molar-refractivity contribution in [3.05, 3.63) is 29.5 Å². The van der Waals surface area contributed by atoms with Crippen LogP contribution >= 0.6 is 0 Å². The topological polar surface area (TPSA) is 47.6 Å². The highest BCUT2D eigenvalue weighted by Crippen LogP contribution is 2.33. The van der Waals surface area contributed by atoms with Gasteiger partial charge >= 0.3 is 0 Å². The van der Waals surface area contributed by atoms with Crippen LogP contribution in [0, 0.1) is 0 Å². The van der Waals surface area contributed by atoms with Crippen molar-refractivity contribution in [1.29, 1.82) is 0 Å². The molecule has 0 atom stereocenters. The van der Waals surface area contributed by atoms with Crippen molar-refractivity contribution in [2.75, 3.05) is 19.5 Å². The summed E-state index contributed by atoms with van der Waals surface area (Å²) in [5.74, 6) is 1.49. The molecule has 0 radical (unpaired) electrons. The standard InChI is InChI=1S/C14H17NO3/c1-17-11-6-7-14(18-2)13(8-11)15-12-5-3-4-10(12)9-16/h6-9,15H,3-5H2,1-2H3. The van der Waals surface area contributed by atoms with Crippen LogP contribution in [-0.2, 0) is 4.79 Å². The molecule has 1 aromatic carbocycles. The summed E-state index contributed by atoms with van der Waals surface area (Å²) in [4.78, 5) is 10.9. The van der Waals surface area contributed by atoms with Gasteiger partial charge in [-0.1, -0.05) is 0 Å². The van der Waals surface area contributed by atoms with Crippen LogP contribution in [0.15, 0.2) is 29.5 Å². The summed E-state index contributed by atoms with van der Waals surface area (Å²) >= 11 is 0. The highest BCUT2D eigenvalue weighted by molar-refractivity contribution is 5.77. The van der Waals surface area contributed by atoms with Gasteiger partial charge in [0.05, 0.1) is 19.9 Å². The SMILES string of the molecule is COc1ccc(OC)c(NC2=C(C=O)CCC2)c1. The number of allylic oxidation sites excluding steroid dienone is 2. The molecule has 1 aliphatic carbocycles. The molecule has 4 nitrogen and oxygen atoms in total. The maximum atomic E-state index is 10.9. The van der Waals surface area contributed by atoms with E-state index in [-0.39, 0.29) is 0 Å². The fourth-order valence-corrected chi connectivity index (χ4v) is 2.11. The summed E-state index contributed by atoms with van der Waals surface area (Å²) in [7, 11) is 3.24. The van der Waals surface area contributed by atoms with E-state index in [9.17, 15) is 4.79 Å². The van der Waals surface area contributed by atoms with Crippen molar-refractivity contribution in [3.8, 4) is 11.5 Å². The minimum absolute atomic E-state index is 0.737. The van der Waals surface area contributed by atoms with E-state index in [4.69, 9.17) is 9.47 Å². The Morgan fingerprint density at radius 1 is 1.22 bits per heavy atom. The van der Waals surface area contributed by atoms with Crippen molar-refractivity contribution < 1.29 is 14.3 Å². The first-order valence-corrected chi connectivity index (χ1v) is 5.94. The van der Waals surface area contributed by atoms with Gasteiger partial charge < -0.3 is 14.8 Å². The molecular weight excluding hydrogens is 230 g/mol. The summed E-state index contributed by atoms with van der Waals surface area (Å²) in [6.45, 7) is 0. The first-order valence-electron chi connectivity index (χ1n) is 5.94. The lowest BCUT2D eigenvalue weighted by Crippen LogP contribution is -2.02. The van der Waals surface area contributed by atoms with Crippen LogP contribution in [0.3, 0.4) is 0 Å². The molecule has 0 spiro atoms. The van der Waals surface area contributed by atoms with Gasteiger partial charge in [-0.3, -0.25) is 4.79 Å². The van der Waals surface area contributed by atoms with Gasteiger partial charge in [0.2, 0.25) is 0 Å². The second-order valence-electron chi connectivity index (χ2n) is 4.17. The zero-order valence-electron chi connectivity index (χ0n) is 10.7. The van der Waals surface area contributed by atoms with E-state index in [0.717, 1.165) is 54.0 Å². The van der Waals surface area contributed by atoms with Gasteiger partial charge in [-0.25, -0.2) is 0 Å². The molecule has 0 aliphatic heterocycles. The minimum atomic E-state index is 0.737. The van der Waals surface area contributed by atoms with Gasteiger partial charge in [0.15, 0.2) is 0 Å². The van der Waals surface area contributed by atoms with Crippen LogP contribution in [0.1, 0.15) is 19.3 Å². The van der Waals surface area contributed by atoms with E-state index in [1.54, 1.807) is 14.2 Å². The molecule has 0 amide bonds. The lowest BCUT2D eigenvalue weighted by Gasteiger charge is -2.13. The number of carbonyl (C=O) groups is 1. The van der Waals surface area contributed by atoms with Crippen molar-refractivity contribution in [2.45, 2.75) is 19.3 Å². The number of rotatable bonds is 5. The quantitative estimate of drug-likeness (QED) is 0.813. The molecular formula is C14H17NO3. The van der Waals surface area contributed by atoms with Gasteiger partial charge in [0, 0.05) is 17.3 Å². The Kier molecular flexibility index (Phi) is 3.87. The van der Waals surface area contributed by atoms with Crippen LogP contribution in [0.25, 0.3) is 0 Å².